The predicted molar refractivity (Wildman–Crippen MR) is 11.1 cm³/mol. The molecule has 0 bridgehead atoms. The van der Waals surface area contributed by atoms with Gasteiger partial charge in [-0.15, -0.1) is 0 Å². The third-order valence-corrected chi connectivity index (χ3v) is 0. The van der Waals surface area contributed by atoms with Gasteiger partial charge in [0.1, 0.15) is 0 Å². The van der Waals surface area contributed by atoms with E-state index in [9.17, 15) is 0 Å². The van der Waals surface area contributed by atoms with E-state index in [2.05, 4.69) is 0 Å². The van der Waals surface area contributed by atoms with Crippen molar-refractivity contribution in [2.45, 2.75) is 0 Å². The summed E-state index contributed by atoms with van der Waals surface area (Å²) in [6, 6.07) is 0. The fourth-order valence-corrected chi connectivity index (χ4v) is 0. The van der Waals surface area contributed by atoms with Crippen molar-refractivity contribution >= 4 is 0 Å². The van der Waals surface area contributed by atoms with E-state index in [1.54, 1.807) is 0 Å². The zero-order chi connectivity index (χ0) is 0. The summed E-state index contributed by atoms with van der Waals surface area (Å²) in [6.45, 7) is 0. The first-order valence-electron chi connectivity index (χ1n) is 0. The Morgan fingerprint density at radius 2 is 1.00 bits per heavy atom. The summed E-state index contributed by atoms with van der Waals surface area (Å²) in [4.78, 5) is 0. The van der Waals surface area contributed by atoms with Gasteiger partial charge in [0.25, 0.3) is 0 Å². The zero-order valence-corrected chi connectivity index (χ0v) is 5.03. The number of rotatable bonds is 0. The third kappa shape index (κ3) is 12.4. The minimum Gasteiger partial charge on any atom is -0.412 e. The van der Waals surface area contributed by atoms with Gasteiger partial charge in [-0.3, -0.25) is 4.70 Å². The van der Waals surface area contributed by atoms with E-state index in [0.29, 0.717) is 0 Å². The van der Waals surface area contributed by atoms with Crippen molar-refractivity contribution in [3.05, 3.63) is 0 Å². The van der Waals surface area contributed by atoms with Gasteiger partial charge in [0.2, 0.25) is 0 Å². The first kappa shape index (κ1) is 85.1. The zero-order valence-electron chi connectivity index (χ0n) is 2.19. The first-order chi connectivity index (χ1) is 0. The summed E-state index contributed by atoms with van der Waals surface area (Å²) < 4.78 is 0. The number of hydrogen-bond acceptors (Lipinski definition) is 1. The second-order valence-corrected chi connectivity index (χ2v) is 0. The van der Waals surface area contributed by atoms with Crippen LogP contribution in [0.2, 0.25) is 0 Å². The van der Waals surface area contributed by atoms with Crippen LogP contribution < -0.4 is 6.15 Å². The molecule has 0 unspecified atom stereocenters. The van der Waals surface area contributed by atoms with Crippen molar-refractivity contribution in [2.75, 3.05) is 0 Å². The Hall–Kier alpha value is 0.954. The van der Waals surface area contributed by atoms with Crippen LogP contribution in [0.4, 0.5) is 4.70 Å². The van der Waals surface area contributed by atoms with Gasteiger partial charge in [-0.2, -0.15) is 0 Å². The molecule has 0 aromatic heterocycles. The van der Waals surface area contributed by atoms with Crippen LogP contribution in [0.3, 0.4) is 0 Å². The van der Waals surface area contributed by atoms with E-state index in [1.165, 1.54) is 0 Å². The normalized spacial score (nSPS) is 0. The van der Waals surface area contributed by atoms with Crippen LogP contribution in [0.1, 0.15) is 0 Å². The molecule has 0 aromatic carbocycles. The van der Waals surface area contributed by atoms with Gasteiger partial charge >= 0.3 is 0 Å². The maximum absolute atomic E-state index is 0. The Labute approximate surface area is 49.1 Å². The molecule has 27 valence electrons. The molecule has 0 rings (SSSR count). The van der Waals surface area contributed by atoms with Crippen molar-refractivity contribution < 1.29 is 42.9 Å². The molecular formula is H6FNOY. The summed E-state index contributed by atoms with van der Waals surface area (Å²) in [5.74, 6) is 0. The molecule has 0 fully saturated rings. The Kier molecular flexibility index (Phi) is 807. The van der Waals surface area contributed by atoms with Gasteiger partial charge in [0, 0.05) is 32.7 Å². The second kappa shape index (κ2) is 37.9. The molecule has 0 aromatic rings. The smallest absolute Gasteiger partial charge is 0 e. The predicted octanol–water partition coefficient (Wildman–Crippen LogP) is -0.513. The van der Waals surface area contributed by atoms with Crippen molar-refractivity contribution in [3.63, 3.8) is 0 Å². The average Bonchev–Trinajstić information content (AvgIpc) is 0. The molecule has 4 heavy (non-hydrogen) atoms. The van der Waals surface area contributed by atoms with Crippen LogP contribution in [-0.2, 0) is 32.7 Å². The van der Waals surface area contributed by atoms with E-state index < -0.39 is 0 Å². The van der Waals surface area contributed by atoms with Crippen LogP contribution in [0, 0.1) is 0 Å². The van der Waals surface area contributed by atoms with Crippen molar-refractivity contribution in [1.82, 2.24) is 6.15 Å². The molecule has 5 N–H and O–H groups in total. The molecule has 0 saturated carbocycles. The van der Waals surface area contributed by atoms with Gasteiger partial charge in [0.05, 0.1) is 0 Å². The van der Waals surface area contributed by atoms with Gasteiger partial charge in [-0.1, -0.05) is 0 Å². The Balaban J connectivity index is 0. The summed E-state index contributed by atoms with van der Waals surface area (Å²) >= 11 is 0. The number of hydrogen-bond donors (Lipinski definition) is 1. The minimum atomic E-state index is 0. The van der Waals surface area contributed by atoms with Crippen LogP contribution in [0.5, 0.6) is 0 Å². The van der Waals surface area contributed by atoms with Crippen LogP contribution in [-0.4, -0.2) is 5.48 Å². The molecular weight excluding hydrogens is 138 g/mol. The maximum atomic E-state index is 0. The van der Waals surface area contributed by atoms with E-state index >= 15 is 0 Å². The van der Waals surface area contributed by atoms with Crippen LogP contribution >= 0.6 is 0 Å². The molecule has 0 aliphatic carbocycles. The van der Waals surface area contributed by atoms with Gasteiger partial charge in [-0.05, 0) is 0 Å². The van der Waals surface area contributed by atoms with Crippen molar-refractivity contribution in [2.24, 2.45) is 0 Å². The maximum Gasteiger partial charge on any atom is 0 e. The SMILES string of the molecule is F.N.O.[Y]. The number of halogens is 1. The Bertz CT molecular complexity index is 8.00. The molecule has 0 aliphatic rings. The standard InChI is InChI=1S/FH.H3N.H2O.Y/h1H;1H3;1H2;. The quantitative estimate of drug-likeness (QED) is 0.488. The molecule has 0 spiro atoms. The molecule has 0 amide bonds. The second-order valence-electron chi connectivity index (χ2n) is 0. The third-order valence-electron chi connectivity index (χ3n) is 0. The topological polar surface area (TPSA) is 66.5 Å². The average molecular weight is 144 g/mol. The monoisotopic (exact) mass is 144 g/mol. The fraction of sp³-hybridized carbons (Fsp3) is 0. The molecule has 1 radical (unpaired) electrons. The summed E-state index contributed by atoms with van der Waals surface area (Å²) in [7, 11) is 0. The Morgan fingerprint density at radius 3 is 1.00 bits per heavy atom. The summed E-state index contributed by atoms with van der Waals surface area (Å²) in [5.41, 5.74) is 0. The van der Waals surface area contributed by atoms with E-state index in [4.69, 9.17) is 0 Å². The van der Waals surface area contributed by atoms with Gasteiger partial charge < -0.3 is 11.6 Å². The molecule has 0 atom stereocenters. The van der Waals surface area contributed by atoms with Crippen molar-refractivity contribution in [1.29, 1.82) is 0 Å². The van der Waals surface area contributed by atoms with E-state index in [-0.39, 0.29) is 49.0 Å². The molecule has 4 heteroatoms. The van der Waals surface area contributed by atoms with E-state index in [1.807, 2.05) is 0 Å². The van der Waals surface area contributed by atoms with Gasteiger partial charge in [-0.25, -0.2) is 0 Å². The fourth-order valence-electron chi connectivity index (χ4n) is 0. The van der Waals surface area contributed by atoms with Crippen LogP contribution in [0.15, 0.2) is 0 Å². The minimum absolute atomic E-state index is 0. The molecule has 0 saturated heterocycles. The Morgan fingerprint density at radius 1 is 1.00 bits per heavy atom. The van der Waals surface area contributed by atoms with Gasteiger partial charge in [0.15, 0.2) is 0 Å². The summed E-state index contributed by atoms with van der Waals surface area (Å²) in [6.07, 6.45) is 0. The van der Waals surface area contributed by atoms with E-state index in [0.717, 1.165) is 0 Å². The largest absolute Gasteiger partial charge is 0.412 e. The summed E-state index contributed by atoms with van der Waals surface area (Å²) in [5, 5.41) is 0. The first-order valence-corrected chi connectivity index (χ1v) is 0. The van der Waals surface area contributed by atoms with Crippen molar-refractivity contribution in [3.8, 4) is 0 Å². The molecule has 2 nitrogen and oxygen atoms in total. The molecule has 0 aliphatic heterocycles. The van der Waals surface area contributed by atoms with Crippen LogP contribution in [0.25, 0.3) is 0 Å². The molecule has 0 heterocycles.